The van der Waals surface area contributed by atoms with Crippen molar-refractivity contribution in [2.45, 2.75) is 39.0 Å². The minimum atomic E-state index is -0.299. The lowest BCUT2D eigenvalue weighted by Gasteiger charge is -2.12. The lowest BCUT2D eigenvalue weighted by atomic mass is 10.2. The van der Waals surface area contributed by atoms with Crippen LogP contribution in [0, 0.1) is 10.8 Å². The van der Waals surface area contributed by atoms with E-state index in [-0.39, 0.29) is 11.9 Å². The topological polar surface area (TPSA) is 107 Å². The van der Waals surface area contributed by atoms with Crippen LogP contribution in [0.2, 0.25) is 5.02 Å². The third-order valence-corrected chi connectivity index (χ3v) is 3.26. The van der Waals surface area contributed by atoms with Gasteiger partial charge in [-0.25, -0.2) is 0 Å². The largest absolute Gasteiger partial charge is 0.492 e. The van der Waals surface area contributed by atoms with Crippen molar-refractivity contribution < 1.29 is 4.74 Å². The zero-order chi connectivity index (χ0) is 16.4. The van der Waals surface area contributed by atoms with E-state index in [1.165, 1.54) is 25.7 Å². The van der Waals surface area contributed by atoms with Gasteiger partial charge in [-0.05, 0) is 24.6 Å². The van der Waals surface area contributed by atoms with E-state index in [2.05, 4.69) is 17.6 Å². The second-order valence-electron chi connectivity index (χ2n) is 4.95. The smallest absolute Gasteiger partial charge is 0.199 e. The van der Waals surface area contributed by atoms with Gasteiger partial charge in [-0.15, -0.1) is 0 Å². The number of halogens is 1. The van der Waals surface area contributed by atoms with Gasteiger partial charge in [0.25, 0.3) is 0 Å². The van der Waals surface area contributed by atoms with E-state index >= 15 is 0 Å². The molecule has 0 fully saturated rings. The van der Waals surface area contributed by atoms with Crippen LogP contribution in [0.4, 0.5) is 5.69 Å². The zero-order valence-electron chi connectivity index (χ0n) is 12.8. The summed E-state index contributed by atoms with van der Waals surface area (Å²) in [6, 6.07) is 5.19. The number of unbranched alkanes of at least 4 members (excludes halogenated alkanes) is 4. The molecule has 0 aliphatic carbocycles. The van der Waals surface area contributed by atoms with Crippen molar-refractivity contribution in [1.82, 2.24) is 5.32 Å². The van der Waals surface area contributed by atoms with Gasteiger partial charge >= 0.3 is 0 Å². The third-order valence-electron chi connectivity index (χ3n) is 2.97. The Bertz CT molecular complexity index is 507. The van der Waals surface area contributed by atoms with Crippen LogP contribution < -0.4 is 21.1 Å². The van der Waals surface area contributed by atoms with Crippen molar-refractivity contribution in [1.29, 1.82) is 10.8 Å². The maximum atomic E-state index is 7.55. The third kappa shape index (κ3) is 7.17. The van der Waals surface area contributed by atoms with Crippen LogP contribution in [0.1, 0.15) is 39.0 Å². The molecule has 0 spiro atoms. The van der Waals surface area contributed by atoms with Gasteiger partial charge in [-0.1, -0.05) is 44.2 Å². The summed E-state index contributed by atoms with van der Waals surface area (Å²) in [7, 11) is 0. The minimum absolute atomic E-state index is 0.0897. The molecule has 1 aromatic rings. The summed E-state index contributed by atoms with van der Waals surface area (Å²) in [5.74, 6) is 0.244. The monoisotopic (exact) mass is 325 g/mol. The molecule has 22 heavy (non-hydrogen) atoms. The Kier molecular flexibility index (Phi) is 8.14. The predicted molar refractivity (Wildman–Crippen MR) is 92.1 cm³/mol. The molecule has 0 saturated carbocycles. The summed E-state index contributed by atoms with van der Waals surface area (Å²) in [5.41, 5.74) is 5.77. The summed E-state index contributed by atoms with van der Waals surface area (Å²) in [6.07, 6.45) is 5.92. The summed E-state index contributed by atoms with van der Waals surface area (Å²) < 4.78 is 5.66. The standard InChI is InChI=1S/C15H24ClN5O/c1-2-3-4-5-6-9-22-13-8-7-11(10-12(13)16)20-15(19)21-14(17)18/h7-8,10H,2-6,9H2,1H3,(H6,17,18,19,20,21). The van der Waals surface area contributed by atoms with Crippen molar-refractivity contribution in [2.75, 3.05) is 11.9 Å². The molecule has 0 aliphatic heterocycles. The molecule has 0 radical (unpaired) electrons. The molecule has 0 atom stereocenters. The van der Waals surface area contributed by atoms with Crippen LogP contribution in [0.5, 0.6) is 5.75 Å². The van der Waals surface area contributed by atoms with Crippen LogP contribution in [0.15, 0.2) is 18.2 Å². The molecule has 122 valence electrons. The Labute approximate surface area is 136 Å². The number of guanidine groups is 2. The van der Waals surface area contributed by atoms with Gasteiger partial charge in [0.1, 0.15) is 5.75 Å². The van der Waals surface area contributed by atoms with E-state index in [1.807, 2.05) is 0 Å². The molecule has 6 nitrogen and oxygen atoms in total. The maximum Gasteiger partial charge on any atom is 0.199 e. The number of benzene rings is 1. The first-order valence-corrected chi connectivity index (χ1v) is 7.79. The molecular weight excluding hydrogens is 302 g/mol. The number of hydrogen-bond donors (Lipinski definition) is 5. The van der Waals surface area contributed by atoms with Crippen LogP contribution in [-0.4, -0.2) is 18.5 Å². The highest BCUT2D eigenvalue weighted by atomic mass is 35.5. The Morgan fingerprint density at radius 2 is 1.95 bits per heavy atom. The van der Waals surface area contributed by atoms with E-state index in [9.17, 15) is 0 Å². The molecule has 1 rings (SSSR count). The average Bonchev–Trinajstić information content (AvgIpc) is 2.43. The number of rotatable bonds is 8. The number of anilines is 1. The van der Waals surface area contributed by atoms with Gasteiger partial charge in [0.15, 0.2) is 11.9 Å². The molecule has 1 aromatic carbocycles. The highest BCUT2D eigenvalue weighted by Crippen LogP contribution is 2.27. The second-order valence-corrected chi connectivity index (χ2v) is 5.35. The lowest BCUT2D eigenvalue weighted by molar-refractivity contribution is 0.305. The summed E-state index contributed by atoms with van der Waals surface area (Å²) >= 11 is 6.16. The maximum absolute atomic E-state index is 7.55. The molecule has 0 aliphatic rings. The van der Waals surface area contributed by atoms with Crippen LogP contribution in [0.25, 0.3) is 0 Å². The van der Waals surface area contributed by atoms with E-state index in [0.29, 0.717) is 23.1 Å². The number of nitrogens with one attached hydrogen (secondary N) is 4. The highest BCUT2D eigenvalue weighted by molar-refractivity contribution is 6.32. The number of ether oxygens (including phenoxy) is 1. The number of nitrogens with two attached hydrogens (primary N) is 1. The summed E-state index contributed by atoms with van der Waals surface area (Å²) in [4.78, 5) is 0. The Hall–Kier alpha value is -1.95. The van der Waals surface area contributed by atoms with Crippen molar-refractivity contribution in [3.63, 3.8) is 0 Å². The normalized spacial score (nSPS) is 10.1. The van der Waals surface area contributed by atoms with Gasteiger partial charge in [0.05, 0.1) is 11.6 Å². The number of hydrogen-bond acceptors (Lipinski definition) is 3. The van der Waals surface area contributed by atoms with Gasteiger partial charge in [-0.2, -0.15) is 0 Å². The molecule has 0 amide bonds. The summed E-state index contributed by atoms with van der Waals surface area (Å²) in [6.45, 7) is 2.84. The lowest BCUT2D eigenvalue weighted by Crippen LogP contribution is -2.39. The molecule has 0 unspecified atom stereocenters. The fourth-order valence-corrected chi connectivity index (χ4v) is 2.13. The van der Waals surface area contributed by atoms with E-state index in [1.54, 1.807) is 18.2 Å². The predicted octanol–water partition coefficient (Wildman–Crippen LogP) is 3.52. The van der Waals surface area contributed by atoms with Crippen molar-refractivity contribution in [3.8, 4) is 5.75 Å². The summed E-state index contributed by atoms with van der Waals surface area (Å²) in [5, 5.41) is 20.2. The van der Waals surface area contributed by atoms with Crippen LogP contribution >= 0.6 is 11.6 Å². The Morgan fingerprint density at radius 1 is 1.23 bits per heavy atom. The van der Waals surface area contributed by atoms with E-state index < -0.39 is 0 Å². The van der Waals surface area contributed by atoms with Gasteiger partial charge in [0.2, 0.25) is 0 Å². The fourth-order valence-electron chi connectivity index (χ4n) is 1.89. The van der Waals surface area contributed by atoms with Gasteiger partial charge in [-0.3, -0.25) is 16.1 Å². The Balaban J connectivity index is 2.41. The van der Waals surface area contributed by atoms with E-state index in [0.717, 1.165) is 6.42 Å². The molecule has 0 bridgehead atoms. The quantitative estimate of drug-likeness (QED) is 0.286. The molecule has 6 N–H and O–H groups in total. The molecular formula is C15H24ClN5O. The molecule has 0 aromatic heterocycles. The minimum Gasteiger partial charge on any atom is -0.492 e. The van der Waals surface area contributed by atoms with Crippen LogP contribution in [0.3, 0.4) is 0 Å². The molecule has 0 saturated heterocycles. The van der Waals surface area contributed by atoms with Crippen molar-refractivity contribution in [2.24, 2.45) is 5.73 Å². The highest BCUT2D eigenvalue weighted by Gasteiger charge is 2.05. The van der Waals surface area contributed by atoms with Crippen molar-refractivity contribution in [3.05, 3.63) is 23.2 Å². The first-order chi connectivity index (χ1) is 10.5. The van der Waals surface area contributed by atoms with Crippen LogP contribution in [-0.2, 0) is 0 Å². The zero-order valence-corrected chi connectivity index (χ0v) is 13.6. The first kappa shape index (κ1) is 18.1. The average molecular weight is 326 g/mol. The van der Waals surface area contributed by atoms with Gasteiger partial charge < -0.3 is 15.8 Å². The second kappa shape index (κ2) is 9.89. The van der Waals surface area contributed by atoms with Crippen molar-refractivity contribution >= 4 is 29.2 Å². The Morgan fingerprint density at radius 3 is 2.59 bits per heavy atom. The SMILES string of the molecule is CCCCCCCOc1ccc(NC(=N)NC(=N)N)cc1Cl. The molecule has 0 heterocycles. The molecule has 7 heteroatoms. The van der Waals surface area contributed by atoms with E-state index in [4.69, 9.17) is 32.9 Å². The first-order valence-electron chi connectivity index (χ1n) is 7.42. The fraction of sp³-hybridized carbons (Fsp3) is 0.467. The van der Waals surface area contributed by atoms with Gasteiger partial charge in [0, 0.05) is 5.69 Å².